The molecular formula is C10H13N3O3S. The quantitative estimate of drug-likeness (QED) is 0.608. The summed E-state index contributed by atoms with van der Waals surface area (Å²) in [6.45, 7) is 1.31. The molecule has 7 heteroatoms. The highest BCUT2D eigenvalue weighted by Gasteiger charge is 2.20. The molecule has 1 unspecified atom stereocenters. The van der Waals surface area contributed by atoms with Crippen molar-refractivity contribution in [2.75, 3.05) is 6.54 Å². The second-order valence-corrected chi connectivity index (χ2v) is 5.08. The van der Waals surface area contributed by atoms with Gasteiger partial charge < -0.3 is 10.6 Å². The van der Waals surface area contributed by atoms with E-state index in [0.29, 0.717) is 19.5 Å². The molecule has 1 aliphatic heterocycles. The fourth-order valence-electron chi connectivity index (χ4n) is 1.76. The Labute approximate surface area is 102 Å². The van der Waals surface area contributed by atoms with Gasteiger partial charge in [0.25, 0.3) is 0 Å². The second kappa shape index (κ2) is 5.24. The number of nitro groups is 1. The molecule has 0 bridgehead atoms. The van der Waals surface area contributed by atoms with Crippen molar-refractivity contribution in [3.63, 3.8) is 0 Å². The van der Waals surface area contributed by atoms with Crippen molar-refractivity contribution in [2.24, 2.45) is 0 Å². The van der Waals surface area contributed by atoms with Crippen molar-refractivity contribution < 1.29 is 9.72 Å². The zero-order valence-corrected chi connectivity index (χ0v) is 9.96. The summed E-state index contributed by atoms with van der Waals surface area (Å²) in [6, 6.07) is 3.46. The van der Waals surface area contributed by atoms with Crippen LogP contribution in [0.2, 0.25) is 0 Å². The number of hydrogen-bond donors (Lipinski definition) is 2. The zero-order valence-electron chi connectivity index (χ0n) is 9.14. The van der Waals surface area contributed by atoms with Crippen molar-refractivity contribution in [2.45, 2.75) is 25.4 Å². The summed E-state index contributed by atoms with van der Waals surface area (Å²) in [7, 11) is 0. The lowest BCUT2D eigenvalue weighted by molar-refractivity contribution is -0.380. The van der Waals surface area contributed by atoms with Gasteiger partial charge in [0.15, 0.2) is 0 Å². The van der Waals surface area contributed by atoms with Gasteiger partial charge in [0.2, 0.25) is 5.91 Å². The predicted octanol–water partition coefficient (Wildman–Crippen LogP) is 1.02. The van der Waals surface area contributed by atoms with Gasteiger partial charge in [-0.15, -0.1) is 0 Å². The lowest BCUT2D eigenvalue weighted by atomic mass is 10.2. The molecule has 0 spiro atoms. The SMILES string of the molecule is O=C1CCC(CNCc2ccc([N+](=O)[O-])s2)N1. The Balaban J connectivity index is 1.74. The summed E-state index contributed by atoms with van der Waals surface area (Å²) in [6.07, 6.45) is 1.45. The van der Waals surface area contributed by atoms with Gasteiger partial charge in [0.05, 0.1) is 4.92 Å². The monoisotopic (exact) mass is 255 g/mol. The van der Waals surface area contributed by atoms with E-state index in [1.807, 2.05) is 0 Å². The minimum Gasteiger partial charge on any atom is -0.352 e. The Hall–Kier alpha value is -1.47. The van der Waals surface area contributed by atoms with E-state index >= 15 is 0 Å². The first-order valence-electron chi connectivity index (χ1n) is 5.38. The Morgan fingerprint density at radius 2 is 2.41 bits per heavy atom. The molecule has 2 heterocycles. The first-order chi connectivity index (χ1) is 8.15. The summed E-state index contributed by atoms with van der Waals surface area (Å²) in [5.74, 6) is 0.101. The number of hydrogen-bond acceptors (Lipinski definition) is 5. The number of nitrogens with zero attached hydrogens (tertiary/aromatic N) is 1. The minimum atomic E-state index is -0.384. The van der Waals surface area contributed by atoms with E-state index in [1.165, 1.54) is 17.4 Å². The van der Waals surface area contributed by atoms with E-state index < -0.39 is 0 Å². The lowest BCUT2D eigenvalue weighted by Gasteiger charge is -2.09. The zero-order chi connectivity index (χ0) is 12.3. The van der Waals surface area contributed by atoms with Gasteiger partial charge in [-0.05, 0) is 12.5 Å². The topological polar surface area (TPSA) is 84.3 Å². The van der Waals surface area contributed by atoms with Crippen LogP contribution in [0.25, 0.3) is 0 Å². The largest absolute Gasteiger partial charge is 0.352 e. The van der Waals surface area contributed by atoms with Crippen LogP contribution in [0.5, 0.6) is 0 Å². The van der Waals surface area contributed by atoms with Crippen LogP contribution in [0.3, 0.4) is 0 Å². The molecular weight excluding hydrogens is 242 g/mol. The van der Waals surface area contributed by atoms with Crippen molar-refractivity contribution in [1.29, 1.82) is 0 Å². The van der Waals surface area contributed by atoms with Crippen LogP contribution in [0.15, 0.2) is 12.1 Å². The molecule has 1 aromatic heterocycles. The van der Waals surface area contributed by atoms with Crippen LogP contribution in [0, 0.1) is 10.1 Å². The van der Waals surface area contributed by atoms with Crippen LogP contribution in [-0.4, -0.2) is 23.4 Å². The Kier molecular flexibility index (Phi) is 3.70. The summed E-state index contributed by atoms with van der Waals surface area (Å²) in [4.78, 5) is 22.0. The third-order valence-corrected chi connectivity index (χ3v) is 3.64. The molecule has 1 aliphatic rings. The lowest BCUT2D eigenvalue weighted by Crippen LogP contribution is -2.35. The molecule has 6 nitrogen and oxygen atoms in total. The van der Waals surface area contributed by atoms with Gasteiger partial charge in [-0.3, -0.25) is 14.9 Å². The third-order valence-electron chi connectivity index (χ3n) is 2.60. The molecule has 1 aromatic rings. The smallest absolute Gasteiger partial charge is 0.324 e. The second-order valence-electron chi connectivity index (χ2n) is 3.93. The summed E-state index contributed by atoms with van der Waals surface area (Å²) in [5.41, 5.74) is 0. The van der Waals surface area contributed by atoms with Gasteiger partial charge in [0, 0.05) is 36.5 Å². The number of thiophene rings is 1. The number of carbonyl (C=O) groups is 1. The van der Waals surface area contributed by atoms with Crippen LogP contribution >= 0.6 is 11.3 Å². The standard InChI is InChI=1S/C10H13N3O3S/c14-9-3-1-7(12-9)5-11-6-8-2-4-10(17-8)13(15)16/h2,4,7,11H,1,3,5-6H2,(H,12,14). The summed E-state index contributed by atoms with van der Waals surface area (Å²) in [5, 5.41) is 16.7. The number of rotatable bonds is 5. The molecule has 0 aromatic carbocycles. The van der Waals surface area contributed by atoms with E-state index in [0.717, 1.165) is 11.3 Å². The number of amides is 1. The van der Waals surface area contributed by atoms with Gasteiger partial charge in [-0.1, -0.05) is 11.3 Å². The van der Waals surface area contributed by atoms with Crippen molar-refractivity contribution >= 4 is 22.2 Å². The number of carbonyl (C=O) groups excluding carboxylic acids is 1. The first kappa shape index (κ1) is 12.0. The molecule has 1 amide bonds. The summed E-state index contributed by atoms with van der Waals surface area (Å²) < 4.78 is 0. The Bertz CT molecular complexity index is 432. The van der Waals surface area contributed by atoms with E-state index in [4.69, 9.17) is 0 Å². The molecule has 1 saturated heterocycles. The molecule has 2 N–H and O–H groups in total. The molecule has 0 saturated carbocycles. The Morgan fingerprint density at radius 3 is 3.00 bits per heavy atom. The van der Waals surface area contributed by atoms with Crippen molar-refractivity contribution in [1.82, 2.24) is 10.6 Å². The third kappa shape index (κ3) is 3.24. The van der Waals surface area contributed by atoms with Crippen molar-refractivity contribution in [3.8, 4) is 0 Å². The van der Waals surface area contributed by atoms with E-state index in [-0.39, 0.29) is 21.9 Å². The highest BCUT2D eigenvalue weighted by molar-refractivity contribution is 7.15. The molecule has 17 heavy (non-hydrogen) atoms. The average molecular weight is 255 g/mol. The van der Waals surface area contributed by atoms with Crippen LogP contribution in [0.4, 0.5) is 5.00 Å². The molecule has 92 valence electrons. The van der Waals surface area contributed by atoms with E-state index in [9.17, 15) is 14.9 Å². The minimum absolute atomic E-state index is 0.101. The maximum absolute atomic E-state index is 11.0. The maximum atomic E-state index is 11.0. The van der Waals surface area contributed by atoms with Crippen LogP contribution < -0.4 is 10.6 Å². The van der Waals surface area contributed by atoms with Gasteiger partial charge >= 0.3 is 5.00 Å². The highest BCUT2D eigenvalue weighted by atomic mass is 32.1. The molecule has 0 radical (unpaired) electrons. The fraction of sp³-hybridized carbons (Fsp3) is 0.500. The highest BCUT2D eigenvalue weighted by Crippen LogP contribution is 2.23. The van der Waals surface area contributed by atoms with Crippen LogP contribution in [0.1, 0.15) is 17.7 Å². The first-order valence-corrected chi connectivity index (χ1v) is 6.20. The van der Waals surface area contributed by atoms with Crippen LogP contribution in [-0.2, 0) is 11.3 Å². The molecule has 1 fully saturated rings. The molecule has 2 rings (SSSR count). The van der Waals surface area contributed by atoms with Gasteiger partial charge in [0.1, 0.15) is 0 Å². The van der Waals surface area contributed by atoms with Crippen molar-refractivity contribution in [3.05, 3.63) is 27.1 Å². The number of nitrogens with one attached hydrogen (secondary N) is 2. The normalized spacial score (nSPS) is 19.3. The van der Waals surface area contributed by atoms with E-state index in [2.05, 4.69) is 10.6 Å². The average Bonchev–Trinajstić information content (AvgIpc) is 2.88. The fourth-order valence-corrected chi connectivity index (χ4v) is 2.55. The predicted molar refractivity (Wildman–Crippen MR) is 63.8 cm³/mol. The molecule has 1 atom stereocenters. The molecule has 0 aliphatic carbocycles. The Morgan fingerprint density at radius 1 is 1.59 bits per heavy atom. The van der Waals surface area contributed by atoms with Gasteiger partial charge in [-0.2, -0.15) is 0 Å². The van der Waals surface area contributed by atoms with E-state index in [1.54, 1.807) is 6.07 Å². The maximum Gasteiger partial charge on any atom is 0.324 e. The van der Waals surface area contributed by atoms with Gasteiger partial charge in [-0.25, -0.2) is 0 Å². The summed E-state index contributed by atoms with van der Waals surface area (Å²) >= 11 is 1.18.